The Balaban J connectivity index is 2.36. The molecule has 0 radical (unpaired) electrons. The van der Waals surface area contributed by atoms with E-state index in [2.05, 4.69) is 20.6 Å². The molecule has 0 aromatic carbocycles. The van der Waals surface area contributed by atoms with Crippen molar-refractivity contribution < 1.29 is 19.4 Å². The maximum Gasteiger partial charge on any atom is 0.285 e. The molecule has 18 heavy (non-hydrogen) atoms. The summed E-state index contributed by atoms with van der Waals surface area (Å²) < 4.78 is 11.3. The van der Waals surface area contributed by atoms with E-state index in [1.807, 2.05) is 0 Å². The molecule has 4 N–H and O–H groups in total. The molecule has 9 nitrogen and oxygen atoms in total. The predicted molar refractivity (Wildman–Crippen MR) is 60.7 cm³/mol. The van der Waals surface area contributed by atoms with Gasteiger partial charge < -0.3 is 9.47 Å². The van der Waals surface area contributed by atoms with Gasteiger partial charge >= 0.3 is 0 Å². The van der Waals surface area contributed by atoms with Crippen LogP contribution >= 0.6 is 0 Å². The minimum atomic E-state index is -0.580. The maximum absolute atomic E-state index is 11.4. The van der Waals surface area contributed by atoms with Crippen molar-refractivity contribution in [2.24, 2.45) is 5.73 Å². The van der Waals surface area contributed by atoms with Crippen molar-refractivity contribution in [2.45, 2.75) is 19.3 Å². The van der Waals surface area contributed by atoms with Crippen molar-refractivity contribution in [3.8, 4) is 0 Å². The molecule has 0 aliphatic carbocycles. The van der Waals surface area contributed by atoms with Gasteiger partial charge in [0.25, 0.3) is 11.7 Å². The normalized spacial score (nSPS) is 11.8. The van der Waals surface area contributed by atoms with Crippen LogP contribution in [0.1, 0.15) is 6.42 Å². The summed E-state index contributed by atoms with van der Waals surface area (Å²) >= 11 is 0. The van der Waals surface area contributed by atoms with E-state index in [4.69, 9.17) is 15.2 Å². The van der Waals surface area contributed by atoms with Gasteiger partial charge in [-0.05, 0) is 0 Å². The Labute approximate surface area is 104 Å². The topological polar surface area (TPSA) is 118 Å². The van der Waals surface area contributed by atoms with E-state index in [1.54, 1.807) is 0 Å². The van der Waals surface area contributed by atoms with E-state index in [0.717, 1.165) is 0 Å². The highest BCUT2D eigenvalue weighted by molar-refractivity contribution is 5.77. The van der Waals surface area contributed by atoms with Gasteiger partial charge in [0.2, 0.25) is 0 Å². The molecule has 9 heteroatoms. The number of methoxy groups -OCH3 is 2. The molecule has 1 heterocycles. The summed E-state index contributed by atoms with van der Waals surface area (Å²) in [5.74, 6) is 0.0328. The van der Waals surface area contributed by atoms with E-state index in [0.29, 0.717) is 12.4 Å². The molecular formula is C9H17N6O3+. The SMILES string of the molecule is COC(CC(=O)N[NH+]=C(N)Cn1cncn1)OC. The van der Waals surface area contributed by atoms with Crippen molar-refractivity contribution in [2.75, 3.05) is 14.2 Å². The quantitative estimate of drug-likeness (QED) is 0.204. The Bertz CT molecular complexity index is 387. The van der Waals surface area contributed by atoms with Crippen molar-refractivity contribution in [3.05, 3.63) is 12.7 Å². The number of hydrazone groups is 1. The van der Waals surface area contributed by atoms with Crippen molar-refractivity contribution in [3.63, 3.8) is 0 Å². The lowest BCUT2D eigenvalue weighted by Crippen LogP contribution is -2.86. The van der Waals surface area contributed by atoms with Crippen molar-refractivity contribution in [1.29, 1.82) is 0 Å². The molecule has 1 rings (SSSR count). The van der Waals surface area contributed by atoms with Gasteiger partial charge in [0.15, 0.2) is 6.29 Å². The smallest absolute Gasteiger partial charge is 0.285 e. The lowest BCUT2D eigenvalue weighted by atomic mass is 10.4. The second-order valence-electron chi connectivity index (χ2n) is 3.40. The second kappa shape index (κ2) is 7.35. The predicted octanol–water partition coefficient (Wildman–Crippen LogP) is -3.24. The molecule has 1 amide bonds. The molecular weight excluding hydrogens is 240 g/mol. The van der Waals surface area contributed by atoms with Gasteiger partial charge in [-0.1, -0.05) is 0 Å². The molecule has 0 spiro atoms. The number of amidine groups is 1. The average Bonchev–Trinajstić information content (AvgIpc) is 2.86. The molecule has 0 fully saturated rings. The summed E-state index contributed by atoms with van der Waals surface area (Å²) in [7, 11) is 2.92. The molecule has 0 bridgehead atoms. The maximum atomic E-state index is 11.4. The zero-order chi connectivity index (χ0) is 13.4. The third kappa shape index (κ3) is 4.89. The number of hydrogen-bond donors (Lipinski definition) is 3. The number of hydrazine groups is 1. The number of carbonyl (C=O) groups excluding carboxylic acids is 1. The summed E-state index contributed by atoms with van der Waals surface area (Å²) in [5, 5.41) is 6.44. The van der Waals surface area contributed by atoms with Gasteiger partial charge in [-0.3, -0.25) is 10.5 Å². The van der Waals surface area contributed by atoms with E-state index in [9.17, 15) is 4.79 Å². The fourth-order valence-electron chi connectivity index (χ4n) is 1.14. The van der Waals surface area contributed by atoms with Gasteiger partial charge in [-0.15, -0.1) is 0 Å². The largest absolute Gasteiger partial charge is 0.355 e. The van der Waals surface area contributed by atoms with Crippen LogP contribution in [-0.4, -0.2) is 47.0 Å². The highest BCUT2D eigenvalue weighted by Gasteiger charge is 2.12. The fraction of sp³-hybridized carbons (Fsp3) is 0.556. The summed E-state index contributed by atoms with van der Waals surface area (Å²) in [4.78, 5) is 15.2. The zero-order valence-electron chi connectivity index (χ0n) is 10.3. The monoisotopic (exact) mass is 257 g/mol. The Morgan fingerprint density at radius 3 is 2.83 bits per heavy atom. The van der Waals surface area contributed by atoms with E-state index in [-0.39, 0.29) is 12.3 Å². The Morgan fingerprint density at radius 2 is 2.28 bits per heavy atom. The molecule has 0 saturated carbocycles. The number of nitrogens with one attached hydrogen (secondary N) is 2. The first kappa shape index (κ1) is 14.1. The van der Waals surface area contributed by atoms with Gasteiger partial charge in [0.1, 0.15) is 19.2 Å². The fourth-order valence-corrected chi connectivity index (χ4v) is 1.14. The Morgan fingerprint density at radius 1 is 1.56 bits per heavy atom. The first-order valence-electron chi connectivity index (χ1n) is 5.20. The standard InChI is InChI=1S/C9H16N6O3/c1-17-9(18-2)3-8(16)14-13-7(10)4-15-6-11-5-12-15/h5-6,9H,3-4H2,1-2H3,(H2,10,13)(H,14,16)/p+1. The first-order valence-corrected chi connectivity index (χ1v) is 5.20. The molecule has 0 atom stereocenters. The van der Waals surface area contributed by atoms with Crippen LogP contribution < -0.4 is 16.3 Å². The second-order valence-corrected chi connectivity index (χ2v) is 3.40. The van der Waals surface area contributed by atoms with Gasteiger partial charge in [0.05, 0.1) is 6.42 Å². The third-order valence-electron chi connectivity index (χ3n) is 2.04. The van der Waals surface area contributed by atoms with Crippen molar-refractivity contribution >= 4 is 11.7 Å². The van der Waals surface area contributed by atoms with Gasteiger partial charge in [-0.2, -0.15) is 15.6 Å². The number of ether oxygens (including phenoxy) is 2. The van der Waals surface area contributed by atoms with E-state index in [1.165, 1.54) is 31.6 Å². The van der Waals surface area contributed by atoms with E-state index >= 15 is 0 Å². The molecule has 1 aromatic heterocycles. The van der Waals surface area contributed by atoms with Crippen LogP contribution in [-0.2, 0) is 20.8 Å². The van der Waals surface area contributed by atoms with Gasteiger partial charge in [0, 0.05) is 14.2 Å². The number of nitrogens with zero attached hydrogens (tertiary/aromatic N) is 3. The third-order valence-corrected chi connectivity index (χ3v) is 2.04. The van der Waals surface area contributed by atoms with Crippen LogP contribution in [0.4, 0.5) is 0 Å². The van der Waals surface area contributed by atoms with Crippen LogP contribution in [0.2, 0.25) is 0 Å². The summed E-state index contributed by atoms with van der Waals surface area (Å²) in [6.07, 6.45) is 2.40. The first-order chi connectivity index (χ1) is 8.65. The minimum Gasteiger partial charge on any atom is -0.355 e. The van der Waals surface area contributed by atoms with Crippen LogP contribution in [0.5, 0.6) is 0 Å². The highest BCUT2D eigenvalue weighted by atomic mass is 16.7. The van der Waals surface area contributed by atoms with Crippen LogP contribution in [0.25, 0.3) is 0 Å². The number of amides is 1. The molecule has 0 aliphatic heterocycles. The summed E-state index contributed by atoms with van der Waals surface area (Å²) in [5.41, 5.74) is 8.07. The number of aromatic nitrogens is 3. The lowest BCUT2D eigenvalue weighted by Gasteiger charge is -2.10. The summed E-state index contributed by atoms with van der Waals surface area (Å²) in [6, 6.07) is 0. The van der Waals surface area contributed by atoms with Crippen molar-refractivity contribution in [1.82, 2.24) is 20.2 Å². The highest BCUT2D eigenvalue weighted by Crippen LogP contribution is 1.95. The molecule has 100 valence electrons. The van der Waals surface area contributed by atoms with Crippen LogP contribution in [0.3, 0.4) is 0 Å². The lowest BCUT2D eigenvalue weighted by molar-refractivity contribution is -0.514. The molecule has 0 unspecified atom stereocenters. The number of rotatable bonds is 7. The molecule has 0 aliphatic rings. The van der Waals surface area contributed by atoms with Gasteiger partial charge in [-0.25, -0.2) is 9.67 Å². The van der Waals surface area contributed by atoms with Crippen LogP contribution in [0, 0.1) is 0 Å². The van der Waals surface area contributed by atoms with Crippen LogP contribution in [0.15, 0.2) is 12.7 Å². The zero-order valence-corrected chi connectivity index (χ0v) is 10.3. The number of nitrogens with two attached hydrogens (primary N) is 1. The minimum absolute atomic E-state index is 0.0661. The Kier molecular flexibility index (Phi) is 5.74. The molecule has 0 saturated heterocycles. The van der Waals surface area contributed by atoms with E-state index < -0.39 is 6.29 Å². The number of hydrogen-bond acceptors (Lipinski definition) is 5. The Hall–Kier alpha value is -2.00. The number of carbonyl (C=O) groups is 1. The molecule has 1 aromatic rings. The average molecular weight is 257 g/mol. The summed E-state index contributed by atoms with van der Waals surface area (Å²) in [6.45, 7) is 0.304.